The summed E-state index contributed by atoms with van der Waals surface area (Å²) in [7, 11) is 0. The van der Waals surface area contributed by atoms with Crippen molar-refractivity contribution in [3.05, 3.63) is 29.8 Å². The first-order valence-electron chi connectivity index (χ1n) is 9.99. The zero-order chi connectivity index (χ0) is 19.9. The molecule has 28 heavy (non-hydrogen) atoms. The lowest BCUT2D eigenvalue weighted by Crippen LogP contribution is -2.59. The van der Waals surface area contributed by atoms with Crippen molar-refractivity contribution >= 4 is 39.7 Å². The van der Waals surface area contributed by atoms with Gasteiger partial charge in [-0.1, -0.05) is 36.4 Å². The summed E-state index contributed by atoms with van der Waals surface area (Å²) in [5.41, 5.74) is 1.64. The summed E-state index contributed by atoms with van der Waals surface area (Å²) in [6, 6.07) is 8.31. The van der Waals surface area contributed by atoms with E-state index >= 15 is 0 Å². The number of ether oxygens (including phenoxy) is 1. The van der Waals surface area contributed by atoms with E-state index in [0.717, 1.165) is 23.2 Å². The molecule has 3 heterocycles. The van der Waals surface area contributed by atoms with Gasteiger partial charge in [0.1, 0.15) is 20.9 Å². The monoisotopic (exact) mass is 419 g/mol. The molecule has 1 saturated heterocycles. The Morgan fingerprint density at radius 2 is 1.96 bits per heavy atom. The van der Waals surface area contributed by atoms with Crippen LogP contribution in [0, 0.1) is 0 Å². The summed E-state index contributed by atoms with van der Waals surface area (Å²) in [5, 5.41) is 0. The third-order valence-corrected chi connectivity index (χ3v) is 7.95. The van der Waals surface area contributed by atoms with E-state index < -0.39 is 5.60 Å². The number of para-hydroxylation sites is 1. The molecule has 1 aromatic carbocycles. The second-order valence-corrected chi connectivity index (χ2v) is 11.0. The fourth-order valence-electron chi connectivity index (χ4n) is 4.43. The van der Waals surface area contributed by atoms with Crippen LogP contribution in [0.5, 0.6) is 0 Å². The van der Waals surface area contributed by atoms with Gasteiger partial charge in [-0.15, -0.1) is 11.8 Å². The number of carbonyl (C=O) groups excluding carboxylic acids is 1. The lowest BCUT2D eigenvalue weighted by atomic mass is 9.96. The Hall–Kier alpha value is -1.18. The van der Waals surface area contributed by atoms with E-state index in [1.54, 1.807) is 11.8 Å². The Morgan fingerprint density at radius 3 is 2.61 bits per heavy atom. The number of hydrogen-bond acceptors (Lipinski definition) is 6. The fraction of sp³-hybridized carbons (Fsp3) is 0.619. The van der Waals surface area contributed by atoms with Gasteiger partial charge in [0.05, 0.1) is 12.2 Å². The number of thioether (sulfide) groups is 2. The zero-order valence-corrected chi connectivity index (χ0v) is 18.7. The van der Waals surface area contributed by atoms with Crippen LogP contribution in [0.15, 0.2) is 29.3 Å². The number of carbonyl (C=O) groups is 1. The van der Waals surface area contributed by atoms with Gasteiger partial charge < -0.3 is 4.74 Å². The molecule has 2 atom stereocenters. The van der Waals surface area contributed by atoms with Gasteiger partial charge in [0.25, 0.3) is 0 Å². The lowest BCUT2D eigenvalue weighted by molar-refractivity contribution is 0.0480. The molecule has 1 spiro atoms. The highest BCUT2D eigenvalue weighted by Gasteiger charge is 2.59. The van der Waals surface area contributed by atoms with Gasteiger partial charge in [0, 0.05) is 13.1 Å². The molecule has 1 amide bonds. The first-order valence-corrected chi connectivity index (χ1v) is 12.0. The number of aliphatic imine (C=N–C) groups is 1. The molecule has 5 nitrogen and oxygen atoms in total. The summed E-state index contributed by atoms with van der Waals surface area (Å²) >= 11 is 3.52. The summed E-state index contributed by atoms with van der Waals surface area (Å²) in [6.07, 6.45) is 5.35. The quantitative estimate of drug-likeness (QED) is 0.647. The molecule has 2 unspecified atom stereocenters. The molecule has 4 rings (SSSR count). The number of hydrogen-bond donors (Lipinski definition) is 0. The van der Waals surface area contributed by atoms with Crippen molar-refractivity contribution in [1.29, 1.82) is 0 Å². The number of anilines is 1. The minimum atomic E-state index is -0.530. The van der Waals surface area contributed by atoms with Crippen LogP contribution in [0.4, 0.5) is 10.5 Å². The number of fused-ring (bicyclic) bond motifs is 2. The van der Waals surface area contributed by atoms with Crippen molar-refractivity contribution in [3.63, 3.8) is 0 Å². The minimum absolute atomic E-state index is 0.0709. The van der Waals surface area contributed by atoms with Crippen LogP contribution in [0.25, 0.3) is 0 Å². The molecule has 0 saturated carbocycles. The molecule has 0 N–H and O–H groups in total. The van der Waals surface area contributed by atoms with Crippen LogP contribution in [0.2, 0.25) is 0 Å². The third-order valence-electron chi connectivity index (χ3n) is 5.49. The van der Waals surface area contributed by atoms with Crippen LogP contribution in [0.1, 0.15) is 45.6 Å². The highest BCUT2D eigenvalue weighted by molar-refractivity contribution is 8.39. The molecule has 152 valence electrons. The van der Waals surface area contributed by atoms with Gasteiger partial charge in [-0.25, -0.2) is 4.79 Å². The molecule has 1 aromatic rings. The van der Waals surface area contributed by atoms with E-state index in [4.69, 9.17) is 9.73 Å². The van der Waals surface area contributed by atoms with Crippen LogP contribution < -0.4 is 4.90 Å². The van der Waals surface area contributed by atoms with E-state index in [1.807, 2.05) is 43.5 Å². The Labute approximate surface area is 176 Å². The van der Waals surface area contributed by atoms with E-state index in [-0.39, 0.29) is 17.0 Å². The number of rotatable bonds is 1. The van der Waals surface area contributed by atoms with Crippen LogP contribution in [0.3, 0.4) is 0 Å². The number of piperidine rings is 1. The first kappa shape index (κ1) is 20.1. The van der Waals surface area contributed by atoms with Gasteiger partial charge in [-0.3, -0.25) is 14.8 Å². The molecule has 1 fully saturated rings. The maximum absolute atomic E-state index is 13.4. The summed E-state index contributed by atoms with van der Waals surface area (Å²) in [4.78, 5) is 22.6. The van der Waals surface area contributed by atoms with Crippen molar-refractivity contribution in [2.45, 2.75) is 56.5 Å². The molecule has 0 bridgehead atoms. The highest BCUT2D eigenvalue weighted by atomic mass is 32.2. The zero-order valence-electron chi connectivity index (χ0n) is 17.1. The molecule has 0 aliphatic carbocycles. The van der Waals surface area contributed by atoms with Crippen LogP contribution >= 0.6 is 23.5 Å². The number of benzene rings is 1. The molecule has 3 aliphatic rings. The molecular formula is C21H29N3O2S2. The van der Waals surface area contributed by atoms with Gasteiger partial charge in [0.15, 0.2) is 0 Å². The smallest absolute Gasteiger partial charge is 0.416 e. The standard InChI is InChI=1S/C21H29N3O2S2/c1-20(2,3)26-19(25)24-16-11-7-6-10-15(16)21(14-22-18(27-4)28-21)17(24)23-12-8-5-9-13-23/h6-7,10-11,17H,5,8-9,12-14H2,1-4H3. The predicted molar refractivity (Wildman–Crippen MR) is 119 cm³/mol. The van der Waals surface area contributed by atoms with Gasteiger partial charge in [-0.2, -0.15) is 0 Å². The summed E-state index contributed by atoms with van der Waals surface area (Å²) in [6.45, 7) is 8.50. The van der Waals surface area contributed by atoms with Crippen molar-refractivity contribution in [2.75, 3.05) is 30.8 Å². The fourth-order valence-corrected chi connectivity index (χ4v) is 6.62. The topological polar surface area (TPSA) is 45.1 Å². The third kappa shape index (κ3) is 3.46. The van der Waals surface area contributed by atoms with Gasteiger partial charge in [-0.05, 0) is 51.5 Å². The van der Waals surface area contributed by atoms with Crippen molar-refractivity contribution in [1.82, 2.24) is 4.90 Å². The second kappa shape index (κ2) is 7.58. The average molecular weight is 420 g/mol. The van der Waals surface area contributed by atoms with Crippen molar-refractivity contribution < 1.29 is 9.53 Å². The summed E-state index contributed by atoms with van der Waals surface area (Å²) in [5.74, 6) is 0. The Bertz CT molecular complexity index is 786. The van der Waals surface area contributed by atoms with E-state index in [2.05, 4.69) is 29.4 Å². The predicted octanol–water partition coefficient (Wildman–Crippen LogP) is 4.91. The van der Waals surface area contributed by atoms with Crippen molar-refractivity contribution in [2.24, 2.45) is 4.99 Å². The first-order chi connectivity index (χ1) is 13.4. The van der Waals surface area contributed by atoms with Gasteiger partial charge >= 0.3 is 6.09 Å². The molecule has 0 aromatic heterocycles. The normalized spacial score (nSPS) is 27.8. The number of likely N-dealkylation sites (tertiary alicyclic amines) is 1. The lowest BCUT2D eigenvalue weighted by Gasteiger charge is -2.43. The van der Waals surface area contributed by atoms with Crippen molar-refractivity contribution in [3.8, 4) is 0 Å². The molecular weight excluding hydrogens is 390 g/mol. The van der Waals surface area contributed by atoms with Crippen LogP contribution in [-0.4, -0.2) is 53.0 Å². The highest BCUT2D eigenvalue weighted by Crippen LogP contribution is 2.57. The summed E-state index contributed by atoms with van der Waals surface area (Å²) < 4.78 is 6.70. The number of amides is 1. The Kier molecular flexibility index (Phi) is 5.44. The molecule has 3 aliphatic heterocycles. The maximum atomic E-state index is 13.4. The number of nitrogens with zero attached hydrogens (tertiary/aromatic N) is 3. The van der Waals surface area contributed by atoms with Gasteiger partial charge in [0.2, 0.25) is 0 Å². The Morgan fingerprint density at radius 1 is 1.25 bits per heavy atom. The van der Waals surface area contributed by atoms with E-state index in [9.17, 15) is 4.79 Å². The molecule has 7 heteroatoms. The van der Waals surface area contributed by atoms with Crippen LogP contribution in [-0.2, 0) is 9.48 Å². The average Bonchev–Trinajstić information content (AvgIpc) is 3.22. The molecule has 0 radical (unpaired) electrons. The Balaban J connectivity index is 1.80. The van der Waals surface area contributed by atoms with E-state index in [0.29, 0.717) is 6.54 Å². The van der Waals surface area contributed by atoms with E-state index in [1.165, 1.54) is 24.8 Å². The second-order valence-electron chi connectivity index (χ2n) is 8.62. The SMILES string of the molecule is CSC1=NCC2(S1)c1ccccc1N(C(=O)OC(C)(C)C)C2N1CCCCC1. The minimum Gasteiger partial charge on any atom is -0.443 e. The maximum Gasteiger partial charge on any atom is 0.416 e. The largest absolute Gasteiger partial charge is 0.443 e.